The Labute approximate surface area is 256 Å². The van der Waals surface area contributed by atoms with Gasteiger partial charge in [0.15, 0.2) is 0 Å². The smallest absolute Gasteiger partial charge is 0.0506 e. The fraction of sp³-hybridized carbons (Fsp3) is 0.100. The minimum Gasteiger partial charge on any atom is -0.310 e. The van der Waals surface area contributed by atoms with E-state index >= 15 is 0 Å². The van der Waals surface area contributed by atoms with Crippen molar-refractivity contribution in [3.05, 3.63) is 190 Å². The van der Waals surface area contributed by atoms with Gasteiger partial charge in [0.2, 0.25) is 0 Å². The van der Waals surface area contributed by atoms with Crippen LogP contribution in [0.15, 0.2) is 162 Å². The summed E-state index contributed by atoms with van der Waals surface area (Å²) >= 11 is 3.69. The van der Waals surface area contributed by atoms with E-state index in [0.717, 1.165) is 4.47 Å². The van der Waals surface area contributed by atoms with E-state index in [1.807, 2.05) is 0 Å². The molecule has 1 heterocycles. The van der Waals surface area contributed by atoms with Crippen molar-refractivity contribution in [3.8, 4) is 0 Å². The van der Waals surface area contributed by atoms with Crippen LogP contribution in [-0.4, -0.2) is 0 Å². The molecule has 0 fully saturated rings. The Balaban J connectivity index is 1.51. The molecule has 1 aliphatic heterocycles. The van der Waals surface area contributed by atoms with Crippen molar-refractivity contribution in [3.63, 3.8) is 0 Å². The van der Waals surface area contributed by atoms with Crippen LogP contribution in [0.5, 0.6) is 0 Å². The van der Waals surface area contributed by atoms with E-state index in [0.29, 0.717) is 0 Å². The molecule has 0 aromatic heterocycles. The maximum Gasteiger partial charge on any atom is 0.0506 e. The molecule has 0 spiro atoms. The van der Waals surface area contributed by atoms with Gasteiger partial charge in [-0.3, -0.25) is 0 Å². The number of hydrogen-bond donors (Lipinski definition) is 0. The second-order valence-electron chi connectivity index (χ2n) is 11.5. The standard InChI is InChI=1S/C40H30BrN/c1-40(34-19-9-11-21-36(34)42(29-13-3-2-4-14-29)37-22-12-10-20-35(37)40)39-33-18-8-6-16-31(33)30-15-5-7-17-32(30)38(39)27-23-25-28(41)26-24-27/h2-26,31,33H,1H3. The van der Waals surface area contributed by atoms with Gasteiger partial charge in [-0.05, 0) is 82.3 Å². The van der Waals surface area contributed by atoms with Crippen LogP contribution in [0, 0.1) is 5.92 Å². The molecule has 0 bridgehead atoms. The van der Waals surface area contributed by atoms with Gasteiger partial charge in [-0.25, -0.2) is 0 Å². The van der Waals surface area contributed by atoms with Gasteiger partial charge in [0.25, 0.3) is 0 Å². The first kappa shape index (κ1) is 25.3. The Kier molecular flexibility index (Phi) is 5.94. The van der Waals surface area contributed by atoms with Crippen molar-refractivity contribution in [2.45, 2.75) is 18.3 Å². The molecule has 42 heavy (non-hydrogen) atoms. The first-order valence-electron chi connectivity index (χ1n) is 14.7. The van der Waals surface area contributed by atoms with Gasteiger partial charge in [-0.15, -0.1) is 0 Å². The molecule has 2 heteroatoms. The number of halogens is 1. The van der Waals surface area contributed by atoms with Crippen molar-refractivity contribution in [1.29, 1.82) is 0 Å². The summed E-state index contributed by atoms with van der Waals surface area (Å²) in [5.74, 6) is 0.502. The lowest BCUT2D eigenvalue weighted by molar-refractivity contribution is 0.534. The van der Waals surface area contributed by atoms with Gasteiger partial charge < -0.3 is 4.90 Å². The zero-order valence-corrected chi connectivity index (χ0v) is 25.0. The van der Waals surface area contributed by atoms with E-state index in [-0.39, 0.29) is 17.3 Å². The summed E-state index contributed by atoms with van der Waals surface area (Å²) in [6.07, 6.45) is 9.31. The van der Waals surface area contributed by atoms with E-state index in [9.17, 15) is 0 Å². The molecule has 202 valence electrons. The minimum absolute atomic E-state index is 0.220. The van der Waals surface area contributed by atoms with E-state index < -0.39 is 0 Å². The monoisotopic (exact) mass is 603 g/mol. The third-order valence-electron chi connectivity index (χ3n) is 9.38. The Hall–Kier alpha value is -4.40. The Morgan fingerprint density at radius 3 is 1.86 bits per heavy atom. The lowest BCUT2D eigenvalue weighted by Gasteiger charge is -2.50. The fourth-order valence-electron chi connectivity index (χ4n) is 7.62. The van der Waals surface area contributed by atoms with E-state index in [1.54, 1.807) is 0 Å². The van der Waals surface area contributed by atoms with Gasteiger partial charge >= 0.3 is 0 Å². The predicted molar refractivity (Wildman–Crippen MR) is 179 cm³/mol. The number of anilines is 3. The number of fused-ring (bicyclic) bond motifs is 5. The van der Waals surface area contributed by atoms with Crippen LogP contribution in [0.4, 0.5) is 17.1 Å². The van der Waals surface area contributed by atoms with Crippen molar-refractivity contribution in [2.24, 2.45) is 5.92 Å². The van der Waals surface area contributed by atoms with Crippen LogP contribution in [0.3, 0.4) is 0 Å². The highest BCUT2D eigenvalue weighted by molar-refractivity contribution is 9.10. The lowest BCUT2D eigenvalue weighted by Crippen LogP contribution is -2.40. The molecule has 8 rings (SSSR count). The highest BCUT2D eigenvalue weighted by Crippen LogP contribution is 2.61. The fourth-order valence-corrected chi connectivity index (χ4v) is 7.89. The largest absolute Gasteiger partial charge is 0.310 e. The van der Waals surface area contributed by atoms with Crippen molar-refractivity contribution < 1.29 is 0 Å². The number of nitrogens with zero attached hydrogens (tertiary/aromatic N) is 1. The molecule has 1 nitrogen and oxygen atoms in total. The molecule has 5 aromatic rings. The summed E-state index contributed by atoms with van der Waals surface area (Å²) in [5.41, 5.74) is 12.7. The van der Waals surface area contributed by atoms with Gasteiger partial charge in [-0.1, -0.05) is 131 Å². The molecule has 0 radical (unpaired) electrons. The summed E-state index contributed by atoms with van der Waals surface area (Å²) in [6.45, 7) is 2.47. The number of benzene rings is 5. The Morgan fingerprint density at radius 1 is 0.595 bits per heavy atom. The molecule has 2 aliphatic carbocycles. The molecule has 2 atom stereocenters. The zero-order valence-electron chi connectivity index (χ0n) is 23.4. The van der Waals surface area contributed by atoms with Gasteiger partial charge in [-0.2, -0.15) is 0 Å². The van der Waals surface area contributed by atoms with Crippen molar-refractivity contribution in [2.75, 3.05) is 4.90 Å². The van der Waals surface area contributed by atoms with Gasteiger partial charge in [0.1, 0.15) is 0 Å². The molecule has 3 aliphatic rings. The van der Waals surface area contributed by atoms with Crippen LogP contribution in [0.2, 0.25) is 0 Å². The number of para-hydroxylation sites is 3. The zero-order chi connectivity index (χ0) is 28.3. The number of allylic oxidation sites excluding steroid dienone is 5. The van der Waals surface area contributed by atoms with E-state index in [1.165, 1.54) is 56.0 Å². The summed E-state index contributed by atoms with van der Waals surface area (Å²) < 4.78 is 1.09. The second-order valence-corrected chi connectivity index (χ2v) is 12.5. The SMILES string of the molecule is CC1(C2=C(c3ccc(Br)cc3)c3ccccc3C3C=CC=CC23)c2ccccc2N(c2ccccc2)c2ccccc21. The van der Waals surface area contributed by atoms with Crippen LogP contribution in [-0.2, 0) is 5.41 Å². The normalized spacial score (nSPS) is 19.5. The second kappa shape index (κ2) is 9.86. The van der Waals surface area contributed by atoms with Crippen molar-refractivity contribution in [1.82, 2.24) is 0 Å². The summed E-state index contributed by atoms with van der Waals surface area (Å²) in [5, 5.41) is 0. The number of rotatable bonds is 3. The molecule has 0 N–H and O–H groups in total. The van der Waals surface area contributed by atoms with Crippen LogP contribution in [0.1, 0.15) is 40.7 Å². The molecule has 0 amide bonds. The summed E-state index contributed by atoms with van der Waals surface area (Å²) in [6, 6.07) is 46.8. The highest BCUT2D eigenvalue weighted by Gasteiger charge is 2.49. The van der Waals surface area contributed by atoms with Gasteiger partial charge in [0.05, 0.1) is 11.4 Å². The first-order chi connectivity index (χ1) is 20.7. The van der Waals surface area contributed by atoms with Crippen molar-refractivity contribution >= 4 is 38.6 Å². The number of hydrogen-bond acceptors (Lipinski definition) is 1. The molecule has 2 unspecified atom stereocenters. The average Bonchev–Trinajstić information content (AvgIpc) is 3.05. The van der Waals surface area contributed by atoms with Gasteiger partial charge in [0, 0.05) is 27.4 Å². The maximum absolute atomic E-state index is 3.69. The minimum atomic E-state index is -0.382. The Bertz CT molecular complexity index is 1860. The highest BCUT2D eigenvalue weighted by atomic mass is 79.9. The predicted octanol–water partition coefficient (Wildman–Crippen LogP) is 10.9. The average molecular weight is 605 g/mol. The molecular formula is C40H30BrN. The van der Waals surface area contributed by atoms with Crippen LogP contribution in [0.25, 0.3) is 5.57 Å². The van der Waals surface area contributed by atoms with Crippen LogP contribution < -0.4 is 4.90 Å². The third-order valence-corrected chi connectivity index (χ3v) is 9.91. The van der Waals surface area contributed by atoms with E-state index in [4.69, 9.17) is 0 Å². The molecule has 0 saturated heterocycles. The summed E-state index contributed by atoms with van der Waals surface area (Å²) in [4.78, 5) is 2.44. The third kappa shape index (κ3) is 3.68. The maximum atomic E-state index is 3.69. The molecular weight excluding hydrogens is 574 g/mol. The first-order valence-corrected chi connectivity index (χ1v) is 15.4. The molecule has 5 aromatic carbocycles. The quantitative estimate of drug-likeness (QED) is 0.198. The topological polar surface area (TPSA) is 3.24 Å². The Morgan fingerprint density at radius 2 is 1.17 bits per heavy atom. The van der Waals surface area contributed by atoms with Crippen LogP contribution >= 0.6 is 15.9 Å². The lowest BCUT2D eigenvalue weighted by atomic mass is 9.56. The molecule has 0 saturated carbocycles. The van der Waals surface area contributed by atoms with E-state index in [2.05, 4.69) is 179 Å². The summed E-state index contributed by atoms with van der Waals surface area (Å²) in [7, 11) is 0.